The smallest absolute Gasteiger partial charge is 0.210 e. The van der Waals surface area contributed by atoms with Crippen molar-refractivity contribution in [1.29, 1.82) is 0 Å². The van der Waals surface area contributed by atoms with Gasteiger partial charge in [0.2, 0.25) is 9.84 Å². The summed E-state index contributed by atoms with van der Waals surface area (Å²) in [5.74, 6) is 0.609. The van der Waals surface area contributed by atoms with Gasteiger partial charge in [0.15, 0.2) is 0 Å². The van der Waals surface area contributed by atoms with Crippen LogP contribution < -0.4 is 9.64 Å². The van der Waals surface area contributed by atoms with Gasteiger partial charge in [-0.2, -0.15) is 0 Å². The first-order valence-electron chi connectivity index (χ1n) is 16.6. The molecule has 9 nitrogen and oxygen atoms in total. The van der Waals surface area contributed by atoms with Crippen LogP contribution in [0, 0.1) is 0 Å². The fraction of sp³-hybridized carbons (Fsp3) is 0.571. The van der Waals surface area contributed by atoms with Crippen LogP contribution in [-0.4, -0.2) is 102 Å². The molecule has 3 aliphatic rings. The van der Waals surface area contributed by atoms with E-state index in [-0.39, 0.29) is 15.9 Å². The third-order valence-corrected chi connectivity index (χ3v) is 12.4. The average molecular weight is 669 g/mol. The second-order valence-corrected chi connectivity index (χ2v) is 17.4. The van der Waals surface area contributed by atoms with E-state index in [0.29, 0.717) is 39.3 Å². The van der Waals surface area contributed by atoms with E-state index >= 15 is 0 Å². The maximum absolute atomic E-state index is 14.3. The molecule has 0 aliphatic carbocycles. The van der Waals surface area contributed by atoms with Crippen molar-refractivity contribution in [2.45, 2.75) is 97.8 Å². The van der Waals surface area contributed by atoms with Gasteiger partial charge >= 0.3 is 0 Å². The maximum atomic E-state index is 14.3. The Morgan fingerprint density at radius 3 is 2.17 bits per heavy atom. The molecule has 11 heteroatoms. The SMILES string of the molecule is CS(=O)c1ccc2ncc(S(=O)(=O)c3ccc(OC(C)(C)C)cc3)c(N3CCC(N4CCC(N5CCC[C@H](O)C5)CC4)CC3)c2c1. The van der Waals surface area contributed by atoms with E-state index in [1.165, 1.54) is 6.20 Å². The zero-order valence-electron chi connectivity index (χ0n) is 27.5. The summed E-state index contributed by atoms with van der Waals surface area (Å²) in [5, 5.41) is 10.9. The van der Waals surface area contributed by atoms with Gasteiger partial charge in [-0.3, -0.25) is 14.1 Å². The number of aromatic nitrogens is 1. The number of hydrogen-bond donors (Lipinski definition) is 1. The molecule has 6 rings (SSSR count). The number of piperidine rings is 3. The molecule has 250 valence electrons. The fourth-order valence-corrected chi connectivity index (χ4v) is 9.37. The van der Waals surface area contributed by atoms with Crippen LogP contribution in [-0.2, 0) is 20.6 Å². The number of β-amino-alcohol motifs (C(OH)–C–C–N with tert-alkyl or cyclic N) is 1. The predicted molar refractivity (Wildman–Crippen MR) is 183 cm³/mol. The molecule has 3 saturated heterocycles. The van der Waals surface area contributed by atoms with Gasteiger partial charge in [0.1, 0.15) is 16.2 Å². The highest BCUT2D eigenvalue weighted by molar-refractivity contribution is 7.91. The number of nitrogens with zero attached hydrogens (tertiary/aromatic N) is 4. The van der Waals surface area contributed by atoms with E-state index in [1.807, 2.05) is 32.9 Å². The molecule has 1 N–H and O–H groups in total. The molecule has 0 amide bonds. The molecule has 4 heterocycles. The predicted octanol–water partition coefficient (Wildman–Crippen LogP) is 4.87. The number of rotatable bonds is 7. The van der Waals surface area contributed by atoms with Crippen LogP contribution in [0.15, 0.2) is 63.3 Å². The first-order valence-corrected chi connectivity index (χ1v) is 19.6. The molecule has 0 radical (unpaired) electrons. The largest absolute Gasteiger partial charge is 0.488 e. The summed E-state index contributed by atoms with van der Waals surface area (Å²) >= 11 is 0. The lowest BCUT2D eigenvalue weighted by Gasteiger charge is -2.45. The lowest BCUT2D eigenvalue weighted by Crippen LogP contribution is -2.53. The summed E-state index contributed by atoms with van der Waals surface area (Å²) in [6.45, 7) is 11.3. The zero-order valence-corrected chi connectivity index (χ0v) is 29.2. The standard InChI is InChI=1S/C35H48N4O5S2/c1-35(2,3)44-28-7-10-30(11-8-28)46(42,43)33-23-36-32-12-9-29(45(4)41)22-31(32)34(33)38-20-15-25(16-21-38)37-18-13-26(14-19-37)39-17-5-6-27(40)24-39/h7-12,22-23,25-27,40H,5-6,13-21,24H2,1-4H3/t27-,45?/m0/s1. The van der Waals surface area contributed by atoms with Gasteiger partial charge in [-0.05, 0) is 121 Å². The Kier molecular flexibility index (Phi) is 9.79. The number of likely N-dealkylation sites (tertiary alicyclic amines) is 2. The summed E-state index contributed by atoms with van der Waals surface area (Å²) in [6, 6.07) is 13.1. The number of benzene rings is 2. The normalized spacial score (nSPS) is 22.3. The lowest BCUT2D eigenvalue weighted by atomic mass is 9.95. The number of anilines is 1. The van der Waals surface area contributed by atoms with E-state index in [1.54, 1.807) is 36.6 Å². The Bertz CT molecular complexity index is 1660. The summed E-state index contributed by atoms with van der Waals surface area (Å²) in [7, 11) is -5.15. The molecule has 1 unspecified atom stereocenters. The Hall–Kier alpha value is -2.57. The number of aliphatic hydroxyl groups is 1. The first-order chi connectivity index (χ1) is 21.9. The van der Waals surface area contributed by atoms with Crippen molar-refractivity contribution in [3.8, 4) is 5.75 Å². The van der Waals surface area contributed by atoms with E-state index in [0.717, 1.165) is 77.8 Å². The van der Waals surface area contributed by atoms with Crippen LogP contribution in [0.2, 0.25) is 0 Å². The number of hydrogen-bond acceptors (Lipinski definition) is 9. The summed E-state index contributed by atoms with van der Waals surface area (Å²) in [6.07, 6.45) is 9.06. The van der Waals surface area contributed by atoms with Gasteiger partial charge in [0.25, 0.3) is 0 Å². The number of aliphatic hydroxyl groups excluding tert-OH is 1. The third kappa shape index (κ3) is 7.28. The van der Waals surface area contributed by atoms with Crippen molar-refractivity contribution in [1.82, 2.24) is 14.8 Å². The molecule has 46 heavy (non-hydrogen) atoms. The van der Waals surface area contributed by atoms with Gasteiger partial charge in [-0.25, -0.2) is 8.42 Å². The Labute approximate surface area is 276 Å². The molecule has 0 saturated carbocycles. The molecular formula is C35H48N4O5S2. The van der Waals surface area contributed by atoms with E-state index in [9.17, 15) is 17.7 Å². The summed E-state index contributed by atoms with van der Waals surface area (Å²) in [5.41, 5.74) is 0.934. The van der Waals surface area contributed by atoms with Gasteiger partial charge in [-0.1, -0.05) is 0 Å². The average Bonchev–Trinajstić information content (AvgIpc) is 3.03. The van der Waals surface area contributed by atoms with Crippen molar-refractivity contribution in [3.63, 3.8) is 0 Å². The van der Waals surface area contributed by atoms with Crippen LogP contribution in [0.4, 0.5) is 5.69 Å². The topological polar surface area (TPSA) is 103 Å². The van der Waals surface area contributed by atoms with Crippen LogP contribution in [0.1, 0.15) is 59.3 Å². The monoisotopic (exact) mass is 668 g/mol. The minimum absolute atomic E-state index is 0.173. The maximum Gasteiger partial charge on any atom is 0.210 e. The molecular weight excluding hydrogens is 621 g/mol. The van der Waals surface area contributed by atoms with Crippen LogP contribution in [0.5, 0.6) is 5.75 Å². The highest BCUT2D eigenvalue weighted by Gasteiger charge is 2.34. The van der Waals surface area contributed by atoms with Crippen LogP contribution in [0.25, 0.3) is 10.9 Å². The molecule has 0 bridgehead atoms. The minimum atomic E-state index is -3.93. The second-order valence-electron chi connectivity index (χ2n) is 14.1. The molecule has 2 atom stereocenters. The second kappa shape index (κ2) is 13.5. The van der Waals surface area contributed by atoms with Gasteiger partial charge < -0.3 is 19.6 Å². The summed E-state index contributed by atoms with van der Waals surface area (Å²) in [4.78, 5) is 12.9. The lowest BCUT2D eigenvalue weighted by molar-refractivity contribution is 0.0170. The molecule has 2 aromatic carbocycles. The van der Waals surface area contributed by atoms with Gasteiger partial charge in [-0.15, -0.1) is 0 Å². The number of sulfone groups is 1. The molecule has 3 aliphatic heterocycles. The Morgan fingerprint density at radius 1 is 0.891 bits per heavy atom. The number of pyridine rings is 1. The molecule has 3 fully saturated rings. The van der Waals surface area contributed by atoms with E-state index in [2.05, 4.69) is 19.7 Å². The van der Waals surface area contributed by atoms with Crippen molar-refractivity contribution >= 4 is 37.2 Å². The first kappa shape index (κ1) is 33.3. The van der Waals surface area contributed by atoms with E-state index < -0.39 is 26.2 Å². The van der Waals surface area contributed by atoms with Crippen molar-refractivity contribution < 1.29 is 22.5 Å². The van der Waals surface area contributed by atoms with Crippen molar-refractivity contribution in [2.75, 3.05) is 50.4 Å². The highest BCUT2D eigenvalue weighted by atomic mass is 32.2. The number of ether oxygens (including phenoxy) is 1. The van der Waals surface area contributed by atoms with Crippen LogP contribution in [0.3, 0.4) is 0 Å². The molecule has 3 aromatic rings. The van der Waals surface area contributed by atoms with Gasteiger partial charge in [0, 0.05) is 65.3 Å². The summed E-state index contributed by atoms with van der Waals surface area (Å²) < 4.78 is 46.9. The zero-order chi connectivity index (χ0) is 32.6. The Morgan fingerprint density at radius 2 is 1.54 bits per heavy atom. The molecule has 0 spiro atoms. The third-order valence-electron chi connectivity index (χ3n) is 9.70. The fourth-order valence-electron chi connectivity index (χ4n) is 7.39. The number of fused-ring (bicyclic) bond motifs is 1. The van der Waals surface area contributed by atoms with Crippen molar-refractivity contribution in [3.05, 3.63) is 48.7 Å². The highest BCUT2D eigenvalue weighted by Crippen LogP contribution is 2.39. The molecule has 1 aromatic heterocycles. The Balaban J connectivity index is 1.24. The minimum Gasteiger partial charge on any atom is -0.488 e. The van der Waals surface area contributed by atoms with Gasteiger partial charge in [0.05, 0.1) is 22.2 Å². The van der Waals surface area contributed by atoms with Crippen LogP contribution >= 0.6 is 0 Å². The van der Waals surface area contributed by atoms with Crippen molar-refractivity contribution in [2.24, 2.45) is 0 Å². The van der Waals surface area contributed by atoms with E-state index in [4.69, 9.17) is 4.74 Å². The quantitative estimate of drug-likeness (QED) is 0.378.